The summed E-state index contributed by atoms with van der Waals surface area (Å²) in [4.78, 5) is 14.3. The van der Waals surface area contributed by atoms with Crippen molar-refractivity contribution >= 4 is 12.0 Å². The number of hydrogen-bond acceptors (Lipinski definition) is 5. The molecule has 0 bridgehead atoms. The zero-order valence-electron chi connectivity index (χ0n) is 15.6. The Morgan fingerprint density at radius 1 is 1.26 bits per heavy atom. The Kier molecular flexibility index (Phi) is 6.45. The lowest BCUT2D eigenvalue weighted by Crippen LogP contribution is -2.36. The molecule has 140 valence electrons. The molecule has 0 spiro atoms. The molecule has 1 aromatic rings. The zero-order valence-corrected chi connectivity index (χ0v) is 15.6. The lowest BCUT2D eigenvalue weighted by atomic mass is 10.1. The van der Waals surface area contributed by atoms with Crippen LogP contribution in [-0.2, 0) is 14.3 Å². The van der Waals surface area contributed by atoms with Gasteiger partial charge in [-0.05, 0) is 48.6 Å². The molecule has 3 rings (SSSR count). The predicted molar refractivity (Wildman–Crippen MR) is 103 cm³/mol. The summed E-state index contributed by atoms with van der Waals surface area (Å²) in [6, 6.07) is 12.2. The monoisotopic (exact) mass is 364 g/mol. The topological polar surface area (TPSA) is 62.6 Å². The van der Waals surface area contributed by atoms with Gasteiger partial charge >= 0.3 is 5.97 Å². The third-order valence-corrected chi connectivity index (χ3v) is 4.67. The molecule has 0 atom stereocenters. The fourth-order valence-corrected chi connectivity index (χ4v) is 3.46. The number of esters is 1. The second-order valence-corrected chi connectivity index (χ2v) is 6.44. The molecule has 5 heteroatoms. The smallest absolute Gasteiger partial charge is 0.348 e. The number of allylic oxidation sites excluding steroid dienone is 3. The average Bonchev–Trinajstić information content (AvgIpc) is 3.09. The molecule has 1 fully saturated rings. The van der Waals surface area contributed by atoms with Crippen molar-refractivity contribution in [3.05, 3.63) is 64.4 Å². The Labute approximate surface area is 160 Å². The number of nitrogens with zero attached hydrogens (tertiary/aromatic N) is 2. The van der Waals surface area contributed by atoms with Crippen LogP contribution >= 0.6 is 0 Å². The summed E-state index contributed by atoms with van der Waals surface area (Å²) in [5.74, 6) is -0.561. The van der Waals surface area contributed by atoms with E-state index in [2.05, 4.69) is 23.1 Å². The minimum absolute atomic E-state index is 0.0542. The van der Waals surface area contributed by atoms with E-state index in [4.69, 9.17) is 9.47 Å². The number of carbonyl (C=O) groups is 1. The molecule has 1 aliphatic carbocycles. The van der Waals surface area contributed by atoms with E-state index in [0.717, 1.165) is 42.8 Å². The van der Waals surface area contributed by atoms with Gasteiger partial charge in [-0.2, -0.15) is 5.26 Å². The van der Waals surface area contributed by atoms with Crippen molar-refractivity contribution in [2.75, 3.05) is 32.9 Å². The van der Waals surface area contributed by atoms with Gasteiger partial charge in [-0.3, -0.25) is 0 Å². The maximum atomic E-state index is 12.0. The van der Waals surface area contributed by atoms with Gasteiger partial charge in [0.25, 0.3) is 0 Å². The minimum atomic E-state index is -0.561. The van der Waals surface area contributed by atoms with E-state index in [-0.39, 0.29) is 12.2 Å². The van der Waals surface area contributed by atoms with Gasteiger partial charge in [-0.15, -0.1) is 0 Å². The predicted octanol–water partition coefficient (Wildman–Crippen LogP) is 3.46. The first-order chi connectivity index (χ1) is 13.2. The van der Waals surface area contributed by atoms with Gasteiger partial charge in [0.15, 0.2) is 0 Å². The van der Waals surface area contributed by atoms with Crippen LogP contribution in [0.2, 0.25) is 0 Å². The fraction of sp³-hybridized carbons (Fsp3) is 0.364. The molecule has 1 saturated heterocycles. The van der Waals surface area contributed by atoms with Crippen molar-refractivity contribution in [3.8, 4) is 6.07 Å². The van der Waals surface area contributed by atoms with Gasteiger partial charge in [0.1, 0.15) is 11.6 Å². The van der Waals surface area contributed by atoms with Crippen LogP contribution < -0.4 is 0 Å². The molecule has 1 heterocycles. The van der Waals surface area contributed by atoms with Gasteiger partial charge in [0.2, 0.25) is 0 Å². The summed E-state index contributed by atoms with van der Waals surface area (Å²) in [6.07, 6.45) is 5.58. The number of rotatable bonds is 5. The highest BCUT2D eigenvalue weighted by molar-refractivity contribution is 5.93. The van der Waals surface area contributed by atoms with Crippen LogP contribution in [0, 0.1) is 11.3 Å². The van der Waals surface area contributed by atoms with Gasteiger partial charge < -0.3 is 14.4 Å². The normalized spacial score (nSPS) is 19.3. The zero-order chi connectivity index (χ0) is 19.1. The van der Waals surface area contributed by atoms with Crippen LogP contribution in [-0.4, -0.2) is 43.8 Å². The van der Waals surface area contributed by atoms with Crippen LogP contribution in [0.4, 0.5) is 0 Å². The molecule has 0 N–H and O–H groups in total. The van der Waals surface area contributed by atoms with Crippen LogP contribution in [0.15, 0.2) is 58.8 Å². The van der Waals surface area contributed by atoms with Crippen LogP contribution in [0.1, 0.15) is 25.3 Å². The maximum absolute atomic E-state index is 12.0. The third kappa shape index (κ3) is 4.66. The molecule has 2 aliphatic rings. The highest BCUT2D eigenvalue weighted by atomic mass is 16.5. The average molecular weight is 364 g/mol. The van der Waals surface area contributed by atoms with Crippen molar-refractivity contribution in [1.82, 2.24) is 4.90 Å². The Morgan fingerprint density at radius 2 is 2.00 bits per heavy atom. The van der Waals surface area contributed by atoms with Gasteiger partial charge in [0.05, 0.1) is 19.8 Å². The Hall–Kier alpha value is -2.84. The second kappa shape index (κ2) is 9.20. The molecule has 1 aromatic carbocycles. The molecule has 27 heavy (non-hydrogen) atoms. The SMILES string of the molecule is CCOC(=O)C(C#N)=CC1=C(N2CCOCC2)/C(=C/c2ccccc2)CC1. The highest BCUT2D eigenvalue weighted by Crippen LogP contribution is 2.36. The van der Waals surface area contributed by atoms with Crippen molar-refractivity contribution in [2.24, 2.45) is 0 Å². The number of morpholine rings is 1. The molecule has 0 amide bonds. The van der Waals surface area contributed by atoms with E-state index in [1.54, 1.807) is 13.0 Å². The summed E-state index contributed by atoms with van der Waals surface area (Å²) < 4.78 is 10.5. The first kappa shape index (κ1) is 18.9. The third-order valence-electron chi connectivity index (χ3n) is 4.67. The Bertz CT molecular complexity index is 810. The van der Waals surface area contributed by atoms with Crippen LogP contribution in [0.3, 0.4) is 0 Å². The van der Waals surface area contributed by atoms with Crippen molar-refractivity contribution < 1.29 is 14.3 Å². The molecule has 0 radical (unpaired) electrons. The lowest BCUT2D eigenvalue weighted by molar-refractivity contribution is -0.138. The standard InChI is InChI=1S/C22H24N2O3/c1-2-27-22(25)20(16-23)15-19-9-8-18(14-17-6-4-3-5-7-17)21(19)24-10-12-26-13-11-24/h3-7,14-15H,2,8-13H2,1H3/b18-14+,20-15?. The summed E-state index contributed by atoms with van der Waals surface area (Å²) in [6.45, 7) is 4.97. The molecular formula is C22H24N2O3. The summed E-state index contributed by atoms with van der Waals surface area (Å²) in [5, 5.41) is 9.39. The first-order valence-corrected chi connectivity index (χ1v) is 9.33. The van der Waals surface area contributed by atoms with Crippen LogP contribution in [0.25, 0.3) is 6.08 Å². The largest absolute Gasteiger partial charge is 0.462 e. The van der Waals surface area contributed by atoms with E-state index >= 15 is 0 Å². The lowest BCUT2D eigenvalue weighted by Gasteiger charge is -2.31. The van der Waals surface area contributed by atoms with E-state index in [1.165, 1.54) is 5.57 Å². The van der Waals surface area contributed by atoms with Crippen LogP contribution in [0.5, 0.6) is 0 Å². The molecule has 0 aromatic heterocycles. The number of carbonyl (C=O) groups excluding carboxylic acids is 1. The number of nitriles is 1. The first-order valence-electron chi connectivity index (χ1n) is 9.33. The second-order valence-electron chi connectivity index (χ2n) is 6.44. The van der Waals surface area contributed by atoms with Gasteiger partial charge in [0, 0.05) is 18.8 Å². The quantitative estimate of drug-likeness (QED) is 0.455. The van der Waals surface area contributed by atoms with E-state index in [9.17, 15) is 10.1 Å². The Morgan fingerprint density at radius 3 is 2.67 bits per heavy atom. The van der Waals surface area contributed by atoms with E-state index in [1.807, 2.05) is 24.3 Å². The van der Waals surface area contributed by atoms with Crippen molar-refractivity contribution in [1.29, 1.82) is 5.26 Å². The molecule has 5 nitrogen and oxygen atoms in total. The number of hydrogen-bond donors (Lipinski definition) is 0. The Balaban J connectivity index is 2.00. The molecule has 1 aliphatic heterocycles. The molecular weight excluding hydrogens is 340 g/mol. The maximum Gasteiger partial charge on any atom is 0.348 e. The van der Waals surface area contributed by atoms with Gasteiger partial charge in [-0.25, -0.2) is 4.79 Å². The molecule has 0 unspecified atom stereocenters. The van der Waals surface area contributed by atoms with Crippen molar-refractivity contribution in [2.45, 2.75) is 19.8 Å². The minimum Gasteiger partial charge on any atom is -0.462 e. The van der Waals surface area contributed by atoms with Crippen molar-refractivity contribution in [3.63, 3.8) is 0 Å². The number of ether oxygens (including phenoxy) is 2. The summed E-state index contributed by atoms with van der Waals surface area (Å²) >= 11 is 0. The highest BCUT2D eigenvalue weighted by Gasteiger charge is 2.26. The number of benzene rings is 1. The van der Waals surface area contributed by atoms with Gasteiger partial charge in [-0.1, -0.05) is 30.3 Å². The molecule has 0 saturated carbocycles. The fourth-order valence-electron chi connectivity index (χ4n) is 3.46. The summed E-state index contributed by atoms with van der Waals surface area (Å²) in [5.41, 5.74) is 4.58. The van der Waals surface area contributed by atoms with E-state index < -0.39 is 5.97 Å². The summed E-state index contributed by atoms with van der Waals surface area (Å²) in [7, 11) is 0. The van der Waals surface area contributed by atoms with E-state index in [0.29, 0.717) is 13.2 Å².